The van der Waals surface area contributed by atoms with Crippen molar-refractivity contribution >= 4 is 5.78 Å². The minimum Gasteiger partial charge on any atom is -0.310 e. The maximum absolute atomic E-state index is 10.7. The van der Waals surface area contributed by atoms with Crippen LogP contribution in [-0.4, -0.2) is 18.9 Å². The zero-order chi connectivity index (χ0) is 7.11. The number of carbonyl (C=O) groups excluding carboxylic acids is 1. The van der Waals surface area contributed by atoms with Gasteiger partial charge in [0.05, 0.1) is 6.54 Å². The molecular formula is C7H16F3NO. The van der Waals surface area contributed by atoms with Crippen LogP contribution >= 0.6 is 0 Å². The summed E-state index contributed by atoms with van der Waals surface area (Å²) in [6.45, 7) is 5.12. The molecule has 0 atom stereocenters. The molecule has 5 heteroatoms. The first-order chi connectivity index (χ1) is 4.31. The number of hydrogen-bond acceptors (Lipinski definition) is 2. The molecule has 0 fully saturated rings. The van der Waals surface area contributed by atoms with Crippen molar-refractivity contribution in [3.63, 3.8) is 0 Å². The molecule has 0 saturated heterocycles. The third-order valence-corrected chi connectivity index (χ3v) is 0.902. The van der Waals surface area contributed by atoms with Crippen LogP contribution in [0.15, 0.2) is 12.2 Å². The molecule has 12 heavy (non-hydrogen) atoms. The third-order valence-electron chi connectivity index (χ3n) is 0.902. The van der Waals surface area contributed by atoms with Gasteiger partial charge >= 0.3 is 0 Å². The molecule has 0 saturated carbocycles. The number of hydrogen-bond donors (Lipinski definition) is 1. The molecule has 0 amide bonds. The number of ketones is 1. The van der Waals surface area contributed by atoms with Crippen molar-refractivity contribution in [2.45, 2.75) is 13.8 Å². The second-order valence-corrected chi connectivity index (χ2v) is 1.75. The normalized spacial score (nSPS) is 7.83. The van der Waals surface area contributed by atoms with E-state index in [1.54, 1.807) is 12.2 Å². The van der Waals surface area contributed by atoms with Crippen LogP contribution in [0.5, 0.6) is 0 Å². The van der Waals surface area contributed by atoms with Crippen molar-refractivity contribution in [2.24, 2.45) is 0 Å². The van der Waals surface area contributed by atoms with Crippen molar-refractivity contribution in [3.8, 4) is 0 Å². The van der Waals surface area contributed by atoms with Crippen molar-refractivity contribution < 1.29 is 18.9 Å². The Hall–Kier alpha value is -0.840. The van der Waals surface area contributed by atoms with Crippen LogP contribution in [0.25, 0.3) is 0 Å². The van der Waals surface area contributed by atoms with E-state index in [1.807, 2.05) is 13.8 Å². The Labute approximate surface area is 70.1 Å². The van der Waals surface area contributed by atoms with Gasteiger partial charge in [-0.25, -0.2) is 0 Å². The molecule has 0 aliphatic rings. The van der Waals surface area contributed by atoms with Gasteiger partial charge in [0.2, 0.25) is 0 Å². The molecule has 0 aromatic heterocycles. The first-order valence-corrected chi connectivity index (χ1v) is 3.17. The molecule has 0 rings (SSSR count). The highest BCUT2D eigenvalue weighted by molar-refractivity contribution is 5.91. The van der Waals surface area contributed by atoms with E-state index < -0.39 is 0 Å². The summed E-state index contributed by atoms with van der Waals surface area (Å²) in [6.07, 6.45) is 3.32. The van der Waals surface area contributed by atoms with Crippen LogP contribution in [0.2, 0.25) is 0 Å². The zero-order valence-corrected chi connectivity index (χ0v) is 7.20. The number of likely N-dealkylation sites (N-methyl/N-ethyl adjacent to an activating group) is 1. The van der Waals surface area contributed by atoms with E-state index in [-0.39, 0.29) is 19.9 Å². The van der Waals surface area contributed by atoms with E-state index in [0.717, 1.165) is 6.54 Å². The Balaban J connectivity index is -0.000000107. The summed E-state index contributed by atoms with van der Waals surface area (Å²) in [5, 5.41) is 2.93. The summed E-state index contributed by atoms with van der Waals surface area (Å²) in [6, 6.07) is 0. The molecule has 0 aliphatic heterocycles. The maximum Gasteiger partial charge on any atom is 0.169 e. The predicted molar refractivity (Wildman–Crippen MR) is 45.9 cm³/mol. The first kappa shape index (κ1) is 22.5. The number of allylic oxidation sites excluding steroid dienone is 1. The minimum absolute atomic E-state index is 0. The van der Waals surface area contributed by atoms with Crippen LogP contribution in [0.1, 0.15) is 13.8 Å². The Morgan fingerprint density at radius 1 is 1.33 bits per heavy atom. The van der Waals surface area contributed by atoms with Gasteiger partial charge in [-0.3, -0.25) is 18.9 Å². The Morgan fingerprint density at radius 3 is 2.17 bits per heavy atom. The molecule has 0 spiro atoms. The Morgan fingerprint density at radius 2 is 1.83 bits per heavy atom. The second kappa shape index (κ2) is 16.6. The lowest BCUT2D eigenvalue weighted by molar-refractivity contribution is -0.113. The highest BCUT2D eigenvalue weighted by Crippen LogP contribution is 1.72. The van der Waals surface area contributed by atoms with E-state index in [2.05, 4.69) is 5.32 Å². The molecule has 2 nitrogen and oxygen atoms in total. The van der Waals surface area contributed by atoms with Crippen molar-refractivity contribution in [1.82, 2.24) is 5.32 Å². The highest BCUT2D eigenvalue weighted by atomic mass is 19.0. The van der Waals surface area contributed by atoms with Gasteiger partial charge in [0.1, 0.15) is 0 Å². The van der Waals surface area contributed by atoms with Gasteiger partial charge in [0.15, 0.2) is 5.78 Å². The standard InChI is InChI=1S/C7H13NO.3FH/c1-3-5-7(9)6-8-4-2;;;/h3,5,8H,4,6H2,1-2H3;3*1H. The Kier molecular flexibility index (Phi) is 31.1. The predicted octanol–water partition coefficient (Wildman–Crippen LogP) is 1.20. The van der Waals surface area contributed by atoms with Crippen LogP contribution < -0.4 is 5.32 Å². The van der Waals surface area contributed by atoms with Crippen LogP contribution in [0.4, 0.5) is 14.1 Å². The molecule has 1 N–H and O–H groups in total. The van der Waals surface area contributed by atoms with Crippen LogP contribution in [0.3, 0.4) is 0 Å². The molecule has 76 valence electrons. The van der Waals surface area contributed by atoms with E-state index >= 15 is 0 Å². The first-order valence-electron chi connectivity index (χ1n) is 3.17. The van der Waals surface area contributed by atoms with Gasteiger partial charge in [-0.15, -0.1) is 0 Å². The molecule has 0 unspecified atom stereocenters. The molecule has 0 aromatic carbocycles. The van der Waals surface area contributed by atoms with Crippen molar-refractivity contribution in [2.75, 3.05) is 13.1 Å². The fourth-order valence-corrected chi connectivity index (χ4v) is 0.493. The second-order valence-electron chi connectivity index (χ2n) is 1.75. The van der Waals surface area contributed by atoms with Gasteiger partial charge in [0, 0.05) is 0 Å². The molecule has 0 radical (unpaired) electrons. The van der Waals surface area contributed by atoms with Crippen molar-refractivity contribution in [1.29, 1.82) is 0 Å². The van der Waals surface area contributed by atoms with E-state index in [4.69, 9.17) is 0 Å². The van der Waals surface area contributed by atoms with Gasteiger partial charge < -0.3 is 5.32 Å². The summed E-state index contributed by atoms with van der Waals surface area (Å²) < 4.78 is 0. The molecule has 0 bridgehead atoms. The van der Waals surface area contributed by atoms with Gasteiger partial charge in [-0.2, -0.15) is 0 Å². The lowest BCUT2D eigenvalue weighted by atomic mass is 10.3. The summed E-state index contributed by atoms with van der Waals surface area (Å²) in [5.41, 5.74) is 0. The van der Waals surface area contributed by atoms with Gasteiger partial charge in [0.25, 0.3) is 0 Å². The smallest absolute Gasteiger partial charge is 0.169 e. The summed E-state index contributed by atoms with van der Waals surface area (Å²) in [4.78, 5) is 10.7. The fraction of sp³-hybridized carbons (Fsp3) is 0.571. The zero-order valence-electron chi connectivity index (χ0n) is 7.20. The number of carbonyl (C=O) groups is 1. The summed E-state index contributed by atoms with van der Waals surface area (Å²) in [5.74, 6) is 0.138. The number of halogens is 3. The van der Waals surface area contributed by atoms with Crippen molar-refractivity contribution in [3.05, 3.63) is 12.2 Å². The van der Waals surface area contributed by atoms with Crippen LogP contribution in [-0.2, 0) is 4.79 Å². The average Bonchev–Trinajstić information content (AvgIpc) is 1.85. The third kappa shape index (κ3) is 16.1. The molecular weight excluding hydrogens is 171 g/mol. The van der Waals surface area contributed by atoms with Gasteiger partial charge in [-0.1, -0.05) is 13.0 Å². The molecule has 0 aromatic rings. The summed E-state index contributed by atoms with van der Waals surface area (Å²) >= 11 is 0. The Bertz CT molecular complexity index is 117. The minimum atomic E-state index is 0. The number of nitrogens with one attached hydrogen (secondary N) is 1. The topological polar surface area (TPSA) is 29.1 Å². The molecule has 0 heterocycles. The number of rotatable bonds is 4. The maximum atomic E-state index is 10.7. The lowest BCUT2D eigenvalue weighted by Gasteiger charge is -1.93. The fourth-order valence-electron chi connectivity index (χ4n) is 0.493. The lowest BCUT2D eigenvalue weighted by Crippen LogP contribution is -2.20. The van der Waals surface area contributed by atoms with Crippen LogP contribution in [0, 0.1) is 0 Å². The quantitative estimate of drug-likeness (QED) is 0.670. The molecule has 0 aliphatic carbocycles. The van der Waals surface area contributed by atoms with Gasteiger partial charge in [-0.05, 0) is 19.5 Å². The summed E-state index contributed by atoms with van der Waals surface area (Å²) in [7, 11) is 0. The highest BCUT2D eigenvalue weighted by Gasteiger charge is 1.90. The average molecular weight is 187 g/mol. The van der Waals surface area contributed by atoms with E-state index in [9.17, 15) is 4.79 Å². The largest absolute Gasteiger partial charge is 0.310 e. The monoisotopic (exact) mass is 187 g/mol. The van der Waals surface area contributed by atoms with E-state index in [0.29, 0.717) is 6.54 Å². The SMILES string of the molecule is CC=CC(=O)CNCC.F.F.F. The van der Waals surface area contributed by atoms with E-state index in [1.165, 1.54) is 0 Å².